The molecule has 1 aromatic carbocycles. The lowest BCUT2D eigenvalue weighted by Gasteiger charge is -2.07. The lowest BCUT2D eigenvalue weighted by atomic mass is 10.2. The van der Waals surface area contributed by atoms with Gasteiger partial charge in [-0.15, -0.1) is 0 Å². The van der Waals surface area contributed by atoms with Crippen LogP contribution in [-0.2, 0) is 6.61 Å². The molecular weight excluding hydrogens is 296 g/mol. The van der Waals surface area contributed by atoms with Gasteiger partial charge in [0.2, 0.25) is 17.4 Å². The fraction of sp³-hybridized carbons (Fsp3) is 0.154. The van der Waals surface area contributed by atoms with Crippen LogP contribution >= 0.6 is 0 Å². The third-order valence-corrected chi connectivity index (χ3v) is 2.59. The summed E-state index contributed by atoms with van der Waals surface area (Å²) in [6.07, 6.45) is 0. The summed E-state index contributed by atoms with van der Waals surface area (Å²) in [6.45, 7) is 0.852. The van der Waals surface area contributed by atoms with Gasteiger partial charge in [-0.2, -0.15) is 8.78 Å². The van der Waals surface area contributed by atoms with E-state index in [0.29, 0.717) is 0 Å². The van der Waals surface area contributed by atoms with Gasteiger partial charge in [-0.05, 0) is 13.0 Å². The maximum absolute atomic E-state index is 13.3. The molecule has 2 aromatic rings. The first-order valence-corrected chi connectivity index (χ1v) is 5.59. The second-order valence-corrected chi connectivity index (χ2v) is 4.12. The van der Waals surface area contributed by atoms with E-state index in [0.717, 1.165) is 0 Å². The molecule has 0 saturated carbocycles. The maximum Gasteiger partial charge on any atom is 0.372 e. The van der Waals surface area contributed by atoms with Crippen molar-refractivity contribution in [1.82, 2.24) is 0 Å². The van der Waals surface area contributed by atoms with Crippen molar-refractivity contribution in [2.24, 2.45) is 0 Å². The SMILES string of the molecule is Cc1cc(COc2c(F)c(F)cc(F)c2F)oc1C(=O)O. The molecular formula is C13H8F4O4. The summed E-state index contributed by atoms with van der Waals surface area (Å²) >= 11 is 0. The van der Waals surface area contributed by atoms with Crippen LogP contribution in [0.1, 0.15) is 21.9 Å². The summed E-state index contributed by atoms with van der Waals surface area (Å²) in [6, 6.07) is 1.33. The van der Waals surface area contributed by atoms with E-state index in [1.54, 1.807) is 0 Å². The standard InChI is InChI=1S/C13H8F4O4/c1-5-2-6(21-11(5)13(18)19)4-20-12-9(16)7(14)3-8(15)10(12)17/h2-3H,4H2,1H3,(H,18,19). The van der Waals surface area contributed by atoms with Crippen molar-refractivity contribution < 1.29 is 36.6 Å². The van der Waals surface area contributed by atoms with Gasteiger partial charge < -0.3 is 14.3 Å². The Kier molecular flexibility index (Phi) is 3.88. The second-order valence-electron chi connectivity index (χ2n) is 4.12. The van der Waals surface area contributed by atoms with Gasteiger partial charge in [0, 0.05) is 11.6 Å². The van der Waals surface area contributed by atoms with E-state index in [4.69, 9.17) is 9.52 Å². The quantitative estimate of drug-likeness (QED) is 0.694. The van der Waals surface area contributed by atoms with E-state index in [-0.39, 0.29) is 23.2 Å². The van der Waals surface area contributed by atoms with E-state index < -0.39 is 41.6 Å². The van der Waals surface area contributed by atoms with Gasteiger partial charge in [-0.25, -0.2) is 13.6 Å². The van der Waals surface area contributed by atoms with Crippen molar-refractivity contribution in [3.63, 3.8) is 0 Å². The monoisotopic (exact) mass is 304 g/mol. The Balaban J connectivity index is 2.25. The highest BCUT2D eigenvalue weighted by Gasteiger charge is 2.21. The number of aryl methyl sites for hydroxylation is 1. The number of hydrogen-bond donors (Lipinski definition) is 1. The third kappa shape index (κ3) is 2.83. The van der Waals surface area contributed by atoms with Crippen LogP contribution in [0.2, 0.25) is 0 Å². The van der Waals surface area contributed by atoms with E-state index >= 15 is 0 Å². The number of furan rings is 1. The topological polar surface area (TPSA) is 59.7 Å². The lowest BCUT2D eigenvalue weighted by Crippen LogP contribution is -2.03. The average Bonchev–Trinajstić information content (AvgIpc) is 2.78. The summed E-state index contributed by atoms with van der Waals surface area (Å²) < 4.78 is 62.1. The van der Waals surface area contributed by atoms with Gasteiger partial charge in [-0.3, -0.25) is 0 Å². The van der Waals surface area contributed by atoms with Crippen molar-refractivity contribution in [2.75, 3.05) is 0 Å². The molecule has 0 aliphatic heterocycles. The fourth-order valence-corrected chi connectivity index (χ4v) is 1.65. The van der Waals surface area contributed by atoms with Crippen LogP contribution in [0.3, 0.4) is 0 Å². The largest absolute Gasteiger partial charge is 0.479 e. The smallest absolute Gasteiger partial charge is 0.372 e. The molecule has 0 amide bonds. The van der Waals surface area contributed by atoms with Crippen LogP contribution in [0.5, 0.6) is 5.75 Å². The van der Waals surface area contributed by atoms with Crippen molar-refractivity contribution in [3.8, 4) is 5.75 Å². The van der Waals surface area contributed by atoms with E-state index in [9.17, 15) is 22.4 Å². The zero-order valence-corrected chi connectivity index (χ0v) is 10.5. The van der Waals surface area contributed by atoms with Crippen LogP contribution in [0.15, 0.2) is 16.5 Å². The average molecular weight is 304 g/mol. The molecule has 4 nitrogen and oxygen atoms in total. The van der Waals surface area contributed by atoms with Crippen LogP contribution in [0.25, 0.3) is 0 Å². The van der Waals surface area contributed by atoms with Crippen LogP contribution < -0.4 is 4.74 Å². The predicted molar refractivity (Wildman–Crippen MR) is 61.0 cm³/mol. The maximum atomic E-state index is 13.3. The second kappa shape index (κ2) is 5.47. The minimum Gasteiger partial charge on any atom is -0.479 e. The molecule has 1 aromatic heterocycles. The number of halogens is 4. The zero-order chi connectivity index (χ0) is 15.7. The molecule has 0 saturated heterocycles. The third-order valence-electron chi connectivity index (χ3n) is 2.59. The number of aromatic carboxylic acids is 1. The highest BCUT2D eigenvalue weighted by molar-refractivity contribution is 5.86. The number of carbonyl (C=O) groups is 1. The Morgan fingerprint density at radius 3 is 2.24 bits per heavy atom. The Morgan fingerprint density at radius 2 is 1.76 bits per heavy atom. The first kappa shape index (κ1) is 14.9. The first-order valence-electron chi connectivity index (χ1n) is 5.59. The molecule has 0 spiro atoms. The Bertz CT molecular complexity index is 682. The summed E-state index contributed by atoms with van der Waals surface area (Å²) in [5, 5.41) is 8.77. The number of hydrogen-bond acceptors (Lipinski definition) is 3. The molecule has 0 aliphatic rings. The zero-order valence-electron chi connectivity index (χ0n) is 10.5. The van der Waals surface area contributed by atoms with Crippen molar-refractivity contribution >= 4 is 5.97 Å². The molecule has 0 radical (unpaired) electrons. The number of ether oxygens (including phenoxy) is 1. The fourth-order valence-electron chi connectivity index (χ4n) is 1.65. The highest BCUT2D eigenvalue weighted by Crippen LogP contribution is 2.27. The van der Waals surface area contributed by atoms with Crippen molar-refractivity contribution in [3.05, 3.63) is 52.5 Å². The summed E-state index contributed by atoms with van der Waals surface area (Å²) in [5.74, 6) is -9.57. The number of benzene rings is 1. The number of rotatable bonds is 4. The minimum absolute atomic E-state index is 0.0527. The van der Waals surface area contributed by atoms with Crippen LogP contribution in [0.4, 0.5) is 17.6 Å². The summed E-state index contributed by atoms with van der Waals surface area (Å²) in [5.41, 5.74) is 0.271. The highest BCUT2D eigenvalue weighted by atomic mass is 19.2. The summed E-state index contributed by atoms with van der Waals surface area (Å²) in [7, 11) is 0. The van der Waals surface area contributed by atoms with Crippen LogP contribution in [-0.4, -0.2) is 11.1 Å². The molecule has 8 heteroatoms. The molecule has 0 aliphatic carbocycles. The van der Waals surface area contributed by atoms with Gasteiger partial charge in [0.1, 0.15) is 12.4 Å². The molecule has 0 atom stereocenters. The molecule has 112 valence electrons. The van der Waals surface area contributed by atoms with Crippen LogP contribution in [0, 0.1) is 30.2 Å². The van der Waals surface area contributed by atoms with Gasteiger partial charge in [-0.1, -0.05) is 0 Å². The van der Waals surface area contributed by atoms with Gasteiger partial charge in [0.15, 0.2) is 17.4 Å². The Hall–Kier alpha value is -2.51. The van der Waals surface area contributed by atoms with E-state index in [1.165, 1.54) is 13.0 Å². The van der Waals surface area contributed by atoms with Gasteiger partial charge >= 0.3 is 5.97 Å². The summed E-state index contributed by atoms with van der Waals surface area (Å²) in [4.78, 5) is 10.8. The van der Waals surface area contributed by atoms with E-state index in [1.807, 2.05) is 0 Å². The molecule has 21 heavy (non-hydrogen) atoms. The molecule has 1 heterocycles. The number of carboxylic acid groups (broad SMARTS) is 1. The Labute approximate surface area is 115 Å². The molecule has 0 unspecified atom stereocenters. The minimum atomic E-state index is -1.68. The van der Waals surface area contributed by atoms with E-state index in [2.05, 4.69) is 4.74 Å². The van der Waals surface area contributed by atoms with Gasteiger partial charge in [0.25, 0.3) is 0 Å². The molecule has 2 rings (SSSR count). The van der Waals surface area contributed by atoms with Crippen molar-refractivity contribution in [2.45, 2.75) is 13.5 Å². The van der Waals surface area contributed by atoms with Gasteiger partial charge in [0.05, 0.1) is 0 Å². The predicted octanol–water partition coefficient (Wildman–Crippen LogP) is 3.42. The molecule has 0 bridgehead atoms. The molecule has 0 fully saturated rings. The normalized spacial score (nSPS) is 10.7. The Morgan fingerprint density at radius 1 is 1.19 bits per heavy atom. The lowest BCUT2D eigenvalue weighted by molar-refractivity contribution is 0.0656. The first-order chi connectivity index (χ1) is 9.81. The van der Waals surface area contributed by atoms with Crippen molar-refractivity contribution in [1.29, 1.82) is 0 Å². The number of carboxylic acids is 1. The molecule has 1 N–H and O–H groups in total.